The van der Waals surface area contributed by atoms with E-state index in [1.165, 1.54) is 49.4 Å². The number of carbonyl (C=O) groups excluding carboxylic acids is 1. The highest BCUT2D eigenvalue weighted by molar-refractivity contribution is 5.90. The lowest BCUT2D eigenvalue weighted by atomic mass is 10.1. The molecule has 0 saturated heterocycles. The predicted molar refractivity (Wildman–Crippen MR) is 91.4 cm³/mol. The largest absolute Gasteiger partial charge is 0.449 e. The van der Waals surface area contributed by atoms with Gasteiger partial charge in [-0.15, -0.1) is 10.2 Å². The topological polar surface area (TPSA) is 108 Å². The molecule has 0 N–H and O–H groups in total. The first-order chi connectivity index (χ1) is 12.8. The van der Waals surface area contributed by atoms with Gasteiger partial charge in [-0.2, -0.15) is 0 Å². The lowest BCUT2D eigenvalue weighted by Crippen LogP contribution is -2.10. The average molecular weight is 371 g/mol. The molecule has 0 aliphatic heterocycles. The maximum atomic E-state index is 13.0. The highest BCUT2D eigenvalue weighted by atomic mass is 19.1. The van der Waals surface area contributed by atoms with Crippen LogP contribution >= 0.6 is 0 Å². The quantitative estimate of drug-likeness (QED) is 0.379. The van der Waals surface area contributed by atoms with Crippen LogP contribution in [0.2, 0.25) is 0 Å². The normalized spacial score (nSPS) is 11.8. The van der Waals surface area contributed by atoms with Crippen molar-refractivity contribution >= 4 is 11.7 Å². The number of hydrogen-bond acceptors (Lipinski definition) is 7. The smallest absolute Gasteiger partial charge is 0.338 e. The van der Waals surface area contributed by atoms with Crippen LogP contribution in [0, 0.1) is 22.9 Å². The van der Waals surface area contributed by atoms with E-state index in [-0.39, 0.29) is 28.8 Å². The number of nitro groups is 1. The number of ether oxygens (including phenoxy) is 1. The first kappa shape index (κ1) is 18.2. The second-order valence-corrected chi connectivity index (χ2v) is 5.76. The van der Waals surface area contributed by atoms with Crippen LogP contribution in [-0.4, -0.2) is 21.1 Å². The minimum Gasteiger partial charge on any atom is -0.449 e. The van der Waals surface area contributed by atoms with E-state index in [0.717, 1.165) is 0 Å². The molecule has 8 nitrogen and oxygen atoms in total. The van der Waals surface area contributed by atoms with Gasteiger partial charge in [-0.05, 0) is 50.2 Å². The molecular formula is C18H14FN3O5. The standard InChI is InChI=1S/C18H14FN3O5/c1-10-9-13(5-8-15(10)22(24)25)18(23)26-11(2)16-20-21-17(27-16)12-3-6-14(19)7-4-12/h3-9,11H,1-2H3/t11-/m1/s1. The summed E-state index contributed by atoms with van der Waals surface area (Å²) in [6.07, 6.45) is -0.838. The molecule has 3 rings (SSSR count). The van der Waals surface area contributed by atoms with E-state index in [1.54, 1.807) is 6.92 Å². The summed E-state index contributed by atoms with van der Waals surface area (Å²) in [6.45, 7) is 3.09. The number of aromatic nitrogens is 2. The molecule has 1 heterocycles. The van der Waals surface area contributed by atoms with E-state index < -0.39 is 17.0 Å². The van der Waals surface area contributed by atoms with Crippen molar-refractivity contribution in [1.29, 1.82) is 0 Å². The van der Waals surface area contributed by atoms with Crippen molar-refractivity contribution in [3.63, 3.8) is 0 Å². The van der Waals surface area contributed by atoms with Crippen molar-refractivity contribution in [3.8, 4) is 11.5 Å². The molecule has 0 radical (unpaired) electrons. The van der Waals surface area contributed by atoms with Crippen molar-refractivity contribution in [2.24, 2.45) is 0 Å². The summed E-state index contributed by atoms with van der Waals surface area (Å²) in [5.74, 6) is -0.832. The van der Waals surface area contributed by atoms with Gasteiger partial charge in [0.2, 0.25) is 5.89 Å². The Kier molecular flexibility index (Phi) is 4.93. The maximum absolute atomic E-state index is 13.0. The Morgan fingerprint density at radius 1 is 1.22 bits per heavy atom. The molecule has 3 aromatic rings. The molecular weight excluding hydrogens is 357 g/mol. The van der Waals surface area contributed by atoms with Gasteiger partial charge in [0.25, 0.3) is 11.6 Å². The van der Waals surface area contributed by atoms with Crippen molar-refractivity contribution in [2.75, 3.05) is 0 Å². The van der Waals surface area contributed by atoms with Gasteiger partial charge in [-0.25, -0.2) is 9.18 Å². The summed E-state index contributed by atoms with van der Waals surface area (Å²) in [5.41, 5.74) is 0.960. The van der Waals surface area contributed by atoms with Gasteiger partial charge in [0.15, 0.2) is 6.10 Å². The summed E-state index contributed by atoms with van der Waals surface area (Å²) in [4.78, 5) is 22.6. The fraction of sp³-hybridized carbons (Fsp3) is 0.167. The van der Waals surface area contributed by atoms with Crippen LogP contribution in [-0.2, 0) is 4.74 Å². The molecule has 0 aliphatic carbocycles. The van der Waals surface area contributed by atoms with Gasteiger partial charge in [-0.3, -0.25) is 10.1 Å². The Morgan fingerprint density at radius 2 is 1.93 bits per heavy atom. The number of nitro benzene ring substituents is 1. The molecule has 0 aliphatic rings. The Balaban J connectivity index is 1.72. The Bertz CT molecular complexity index is 1000. The summed E-state index contributed by atoms with van der Waals surface area (Å²) >= 11 is 0. The molecule has 27 heavy (non-hydrogen) atoms. The van der Waals surface area contributed by atoms with Gasteiger partial charge in [-0.1, -0.05) is 0 Å². The van der Waals surface area contributed by atoms with Gasteiger partial charge in [0.1, 0.15) is 5.82 Å². The third-order valence-electron chi connectivity index (χ3n) is 3.79. The van der Waals surface area contributed by atoms with Crippen molar-refractivity contribution in [1.82, 2.24) is 10.2 Å². The minimum absolute atomic E-state index is 0.0707. The fourth-order valence-electron chi connectivity index (χ4n) is 2.37. The zero-order valence-corrected chi connectivity index (χ0v) is 14.4. The SMILES string of the molecule is Cc1cc(C(=O)O[C@H](C)c2nnc(-c3ccc(F)cc3)o2)ccc1[N+](=O)[O-]. The molecule has 0 amide bonds. The third-order valence-corrected chi connectivity index (χ3v) is 3.79. The first-order valence-electron chi connectivity index (χ1n) is 7.90. The van der Waals surface area contributed by atoms with Gasteiger partial charge in [0, 0.05) is 17.2 Å². The average Bonchev–Trinajstić information content (AvgIpc) is 3.12. The number of carbonyl (C=O) groups is 1. The maximum Gasteiger partial charge on any atom is 0.338 e. The van der Waals surface area contributed by atoms with Gasteiger partial charge < -0.3 is 9.15 Å². The second-order valence-electron chi connectivity index (χ2n) is 5.76. The van der Waals surface area contributed by atoms with Crippen LogP contribution in [0.25, 0.3) is 11.5 Å². The number of halogens is 1. The number of esters is 1. The lowest BCUT2D eigenvalue weighted by molar-refractivity contribution is -0.385. The zero-order valence-electron chi connectivity index (χ0n) is 14.4. The lowest BCUT2D eigenvalue weighted by Gasteiger charge is -2.09. The highest BCUT2D eigenvalue weighted by Gasteiger charge is 2.21. The van der Waals surface area contributed by atoms with E-state index >= 15 is 0 Å². The van der Waals surface area contributed by atoms with E-state index in [9.17, 15) is 19.3 Å². The number of aryl methyl sites for hydroxylation is 1. The van der Waals surface area contributed by atoms with E-state index in [4.69, 9.17) is 9.15 Å². The highest BCUT2D eigenvalue weighted by Crippen LogP contribution is 2.24. The zero-order chi connectivity index (χ0) is 19.6. The Labute approximate surface area is 152 Å². The molecule has 1 atom stereocenters. The molecule has 0 unspecified atom stereocenters. The van der Waals surface area contributed by atoms with Crippen molar-refractivity contribution in [2.45, 2.75) is 20.0 Å². The Hall–Kier alpha value is -3.62. The summed E-state index contributed by atoms with van der Waals surface area (Å²) in [5, 5.41) is 18.5. The molecule has 0 bridgehead atoms. The summed E-state index contributed by atoms with van der Waals surface area (Å²) < 4.78 is 23.7. The van der Waals surface area contributed by atoms with Crippen LogP contribution < -0.4 is 0 Å². The molecule has 0 fully saturated rings. The summed E-state index contributed by atoms with van der Waals surface area (Å²) in [7, 11) is 0. The van der Waals surface area contributed by atoms with Gasteiger partial charge in [0.05, 0.1) is 10.5 Å². The van der Waals surface area contributed by atoms with Crippen molar-refractivity contribution in [3.05, 3.63) is 75.4 Å². The Morgan fingerprint density at radius 3 is 2.56 bits per heavy atom. The van der Waals surface area contributed by atoms with Crippen LogP contribution in [0.4, 0.5) is 10.1 Å². The first-order valence-corrected chi connectivity index (χ1v) is 7.90. The minimum atomic E-state index is -0.838. The molecule has 138 valence electrons. The van der Waals surface area contributed by atoms with Crippen LogP contribution in [0.5, 0.6) is 0 Å². The predicted octanol–water partition coefficient (Wildman–Crippen LogP) is 4.01. The van der Waals surface area contributed by atoms with E-state index in [0.29, 0.717) is 11.1 Å². The van der Waals surface area contributed by atoms with Crippen LogP contribution in [0.3, 0.4) is 0 Å². The van der Waals surface area contributed by atoms with Crippen LogP contribution in [0.1, 0.15) is 34.8 Å². The van der Waals surface area contributed by atoms with E-state index in [1.807, 2.05) is 0 Å². The number of nitrogens with zero attached hydrogens (tertiary/aromatic N) is 3. The fourth-order valence-corrected chi connectivity index (χ4v) is 2.37. The third kappa shape index (κ3) is 3.97. The van der Waals surface area contributed by atoms with Gasteiger partial charge >= 0.3 is 5.97 Å². The van der Waals surface area contributed by atoms with Crippen molar-refractivity contribution < 1.29 is 23.3 Å². The summed E-state index contributed by atoms with van der Waals surface area (Å²) in [6, 6.07) is 9.45. The van der Waals surface area contributed by atoms with Crippen LogP contribution in [0.15, 0.2) is 46.9 Å². The number of hydrogen-bond donors (Lipinski definition) is 0. The number of benzene rings is 2. The monoisotopic (exact) mass is 371 g/mol. The second kappa shape index (κ2) is 7.32. The molecule has 9 heteroatoms. The van der Waals surface area contributed by atoms with E-state index in [2.05, 4.69) is 10.2 Å². The number of rotatable bonds is 5. The molecule has 2 aromatic carbocycles. The molecule has 0 spiro atoms. The molecule has 1 aromatic heterocycles. The molecule has 0 saturated carbocycles.